The van der Waals surface area contributed by atoms with Crippen LogP contribution in [-0.2, 0) is 18.8 Å². The molecule has 10 nitrogen and oxygen atoms in total. The third-order valence-electron chi connectivity index (χ3n) is 5.65. The van der Waals surface area contributed by atoms with Crippen molar-refractivity contribution in [2.75, 3.05) is 30.3 Å². The molecule has 166 valence electrons. The molecule has 1 saturated heterocycles. The van der Waals surface area contributed by atoms with E-state index < -0.39 is 29.6 Å². The molecule has 32 heavy (non-hydrogen) atoms. The van der Waals surface area contributed by atoms with Crippen LogP contribution in [0.15, 0.2) is 39.9 Å². The van der Waals surface area contributed by atoms with Crippen molar-refractivity contribution in [2.45, 2.75) is 12.8 Å². The number of hydrogen-bond acceptors (Lipinski definition) is 8. The third-order valence-corrected chi connectivity index (χ3v) is 5.65. The number of pyridine rings is 1. The number of carbonyl (C=O) groups is 2. The van der Waals surface area contributed by atoms with Crippen molar-refractivity contribution in [1.82, 2.24) is 14.1 Å². The largest absolute Gasteiger partial charge is 0.454 e. The topological polar surface area (TPSA) is 130 Å². The first-order valence-corrected chi connectivity index (χ1v) is 10.2. The second-order valence-corrected chi connectivity index (χ2v) is 7.71. The fraction of sp³-hybridized carbons (Fsp3) is 0.318. The van der Waals surface area contributed by atoms with Crippen molar-refractivity contribution in [3.63, 3.8) is 0 Å². The van der Waals surface area contributed by atoms with Gasteiger partial charge in [0.25, 0.3) is 5.56 Å². The Hall–Kier alpha value is -3.95. The summed E-state index contributed by atoms with van der Waals surface area (Å²) in [6, 6.07) is 9.12. The smallest absolute Gasteiger partial charge is 0.342 e. The Kier molecular flexibility index (Phi) is 5.52. The van der Waals surface area contributed by atoms with Gasteiger partial charge in [-0.05, 0) is 25.0 Å². The first kappa shape index (κ1) is 21.3. The zero-order valence-corrected chi connectivity index (χ0v) is 17.8. The zero-order chi connectivity index (χ0) is 23.0. The molecule has 4 rings (SSSR count). The van der Waals surface area contributed by atoms with Crippen LogP contribution in [0.4, 0.5) is 11.6 Å². The summed E-state index contributed by atoms with van der Waals surface area (Å²) in [6.07, 6.45) is 1.99. The van der Waals surface area contributed by atoms with Gasteiger partial charge in [-0.3, -0.25) is 18.7 Å². The Bertz CT molecular complexity index is 1350. The highest BCUT2D eigenvalue weighted by Gasteiger charge is 2.25. The lowest BCUT2D eigenvalue weighted by Gasteiger charge is -2.20. The predicted molar refractivity (Wildman–Crippen MR) is 119 cm³/mol. The van der Waals surface area contributed by atoms with E-state index in [2.05, 4.69) is 4.98 Å². The molecule has 1 aromatic carbocycles. The van der Waals surface area contributed by atoms with Gasteiger partial charge in [-0.25, -0.2) is 14.6 Å². The number of fused-ring (bicyclic) bond motifs is 1. The van der Waals surface area contributed by atoms with Crippen molar-refractivity contribution < 1.29 is 14.3 Å². The maximum absolute atomic E-state index is 12.9. The molecule has 0 unspecified atom stereocenters. The van der Waals surface area contributed by atoms with Crippen LogP contribution in [0.5, 0.6) is 0 Å². The molecule has 0 amide bonds. The van der Waals surface area contributed by atoms with Crippen LogP contribution in [0.3, 0.4) is 0 Å². The summed E-state index contributed by atoms with van der Waals surface area (Å²) in [4.78, 5) is 56.6. The van der Waals surface area contributed by atoms with Crippen molar-refractivity contribution in [1.29, 1.82) is 0 Å². The number of aromatic nitrogens is 3. The fourth-order valence-corrected chi connectivity index (χ4v) is 3.83. The van der Waals surface area contributed by atoms with Gasteiger partial charge in [0.05, 0.1) is 5.52 Å². The van der Waals surface area contributed by atoms with E-state index in [1.54, 1.807) is 6.07 Å². The Morgan fingerprint density at radius 3 is 2.50 bits per heavy atom. The minimum atomic E-state index is -0.836. The standard InChI is InChI=1S/C22H23N5O5/c1-25-18(23)17(20(29)26(2)22(25)31)16(28)12-32-21(30)14-11-13-7-3-4-8-15(13)24-19(14)27-9-5-6-10-27/h3-4,7-8,11H,5-6,9-10,12,23H2,1-2H3. The van der Waals surface area contributed by atoms with E-state index >= 15 is 0 Å². The molecule has 0 saturated carbocycles. The van der Waals surface area contributed by atoms with Gasteiger partial charge in [0, 0.05) is 32.6 Å². The lowest BCUT2D eigenvalue weighted by molar-refractivity contribution is 0.0474. The number of hydrogen-bond donors (Lipinski definition) is 1. The molecule has 1 fully saturated rings. The summed E-state index contributed by atoms with van der Waals surface area (Å²) in [5.41, 5.74) is 4.93. The average molecular weight is 437 g/mol. The monoisotopic (exact) mass is 437 g/mol. The number of nitrogens with two attached hydrogens (primary N) is 1. The molecule has 3 aromatic rings. The number of benzene rings is 1. The molecule has 10 heteroatoms. The van der Waals surface area contributed by atoms with Crippen LogP contribution in [-0.4, -0.2) is 45.6 Å². The number of nitrogens with zero attached hydrogens (tertiary/aromatic N) is 4. The average Bonchev–Trinajstić information content (AvgIpc) is 3.34. The van der Waals surface area contributed by atoms with Gasteiger partial charge in [0.15, 0.2) is 6.61 Å². The molecule has 0 bridgehead atoms. The number of ketones is 1. The number of Topliss-reactive ketones (excluding diaryl/α,β-unsaturated/α-hetero) is 1. The molecular weight excluding hydrogens is 414 g/mol. The normalized spacial score (nSPS) is 13.5. The van der Waals surface area contributed by atoms with Crippen LogP contribution < -0.4 is 21.9 Å². The second-order valence-electron chi connectivity index (χ2n) is 7.71. The molecule has 1 aliphatic rings. The second kappa shape index (κ2) is 8.29. The maximum Gasteiger partial charge on any atom is 0.342 e. The molecule has 0 spiro atoms. The highest BCUT2D eigenvalue weighted by Crippen LogP contribution is 2.27. The number of rotatable bonds is 5. The number of para-hydroxylation sites is 1. The van der Waals surface area contributed by atoms with Crippen LogP contribution in [0.25, 0.3) is 10.9 Å². The zero-order valence-electron chi connectivity index (χ0n) is 17.8. The lowest BCUT2D eigenvalue weighted by atomic mass is 10.1. The van der Waals surface area contributed by atoms with Crippen LogP contribution >= 0.6 is 0 Å². The highest BCUT2D eigenvalue weighted by molar-refractivity contribution is 6.04. The van der Waals surface area contributed by atoms with E-state index in [1.165, 1.54) is 14.1 Å². The summed E-state index contributed by atoms with van der Waals surface area (Å²) in [5.74, 6) is -1.28. The van der Waals surface area contributed by atoms with Gasteiger partial charge in [-0.1, -0.05) is 18.2 Å². The molecular formula is C22H23N5O5. The van der Waals surface area contributed by atoms with Crippen LogP contribution in [0.1, 0.15) is 33.6 Å². The number of anilines is 2. The summed E-state index contributed by atoms with van der Waals surface area (Å²) < 4.78 is 7.04. The van der Waals surface area contributed by atoms with Crippen molar-refractivity contribution >= 4 is 34.3 Å². The Labute approximate surface area is 182 Å². The Morgan fingerprint density at radius 1 is 1.09 bits per heavy atom. The van der Waals surface area contributed by atoms with E-state index in [0.717, 1.165) is 46.0 Å². The summed E-state index contributed by atoms with van der Waals surface area (Å²) in [5, 5.41) is 0.768. The fourth-order valence-electron chi connectivity index (χ4n) is 3.83. The summed E-state index contributed by atoms with van der Waals surface area (Å²) >= 11 is 0. The van der Waals surface area contributed by atoms with Crippen LogP contribution in [0, 0.1) is 0 Å². The molecule has 0 atom stereocenters. The van der Waals surface area contributed by atoms with E-state index in [-0.39, 0.29) is 16.9 Å². The maximum atomic E-state index is 12.9. The first-order valence-electron chi connectivity index (χ1n) is 10.2. The number of carbonyl (C=O) groups excluding carboxylic acids is 2. The Morgan fingerprint density at radius 2 is 1.78 bits per heavy atom. The SMILES string of the molecule is Cn1c(N)c(C(=O)COC(=O)c2cc3ccccc3nc2N2CCCC2)c(=O)n(C)c1=O. The minimum Gasteiger partial charge on any atom is -0.454 e. The van der Waals surface area contributed by atoms with Crippen molar-refractivity contribution in [2.24, 2.45) is 14.1 Å². The molecule has 3 heterocycles. The van der Waals surface area contributed by atoms with Gasteiger partial charge in [0.2, 0.25) is 5.78 Å². The van der Waals surface area contributed by atoms with Gasteiger partial charge >= 0.3 is 11.7 Å². The van der Waals surface area contributed by atoms with E-state index in [1.807, 2.05) is 29.2 Å². The van der Waals surface area contributed by atoms with Gasteiger partial charge in [-0.2, -0.15) is 0 Å². The van der Waals surface area contributed by atoms with E-state index in [4.69, 9.17) is 10.5 Å². The summed E-state index contributed by atoms with van der Waals surface area (Å²) in [7, 11) is 2.60. The van der Waals surface area contributed by atoms with Crippen molar-refractivity contribution in [3.8, 4) is 0 Å². The summed E-state index contributed by atoms with van der Waals surface area (Å²) in [6.45, 7) is 0.854. The molecule has 2 N–H and O–H groups in total. The Balaban J connectivity index is 1.64. The minimum absolute atomic E-state index is 0.250. The molecule has 0 radical (unpaired) electrons. The predicted octanol–water partition coefficient (Wildman–Crippen LogP) is 0.854. The molecule has 2 aromatic heterocycles. The van der Waals surface area contributed by atoms with E-state index in [9.17, 15) is 19.2 Å². The molecule has 1 aliphatic heterocycles. The van der Waals surface area contributed by atoms with Gasteiger partial charge in [-0.15, -0.1) is 0 Å². The lowest BCUT2D eigenvalue weighted by Crippen LogP contribution is -2.42. The quantitative estimate of drug-likeness (QED) is 0.459. The highest BCUT2D eigenvalue weighted by atomic mass is 16.5. The van der Waals surface area contributed by atoms with E-state index in [0.29, 0.717) is 5.82 Å². The molecule has 0 aliphatic carbocycles. The van der Waals surface area contributed by atoms with Gasteiger partial charge in [0.1, 0.15) is 22.8 Å². The number of ether oxygens (including phenoxy) is 1. The number of nitrogen functional groups attached to an aromatic ring is 1. The van der Waals surface area contributed by atoms with Crippen molar-refractivity contribution in [3.05, 3.63) is 62.3 Å². The number of esters is 1. The van der Waals surface area contributed by atoms with Gasteiger partial charge < -0.3 is 15.4 Å². The van der Waals surface area contributed by atoms with Crippen LogP contribution in [0.2, 0.25) is 0 Å². The first-order chi connectivity index (χ1) is 15.3. The third kappa shape index (κ3) is 3.64.